The number of nitrogens with two attached hydrogens (primary N) is 1. The fourth-order valence-corrected chi connectivity index (χ4v) is 3.95. The van der Waals surface area contributed by atoms with E-state index in [1.165, 1.54) is 0 Å². The van der Waals surface area contributed by atoms with Gasteiger partial charge in [-0.05, 0) is 54.3 Å². The summed E-state index contributed by atoms with van der Waals surface area (Å²) in [5, 5.41) is 0. The largest absolute Gasteiger partial charge is 0.496 e. The molecule has 1 atom stereocenters. The number of rotatable bonds is 6. The van der Waals surface area contributed by atoms with Crippen molar-refractivity contribution in [2.24, 2.45) is 15.7 Å². The maximum Gasteiger partial charge on any atom is 0.198 e. The number of guanidine groups is 1. The van der Waals surface area contributed by atoms with E-state index in [0.717, 1.165) is 47.0 Å². The molecule has 2 aliphatic heterocycles. The van der Waals surface area contributed by atoms with Crippen LogP contribution in [0.5, 0.6) is 11.5 Å². The maximum atomic E-state index is 6.32. The Morgan fingerprint density at radius 1 is 1.18 bits per heavy atom. The van der Waals surface area contributed by atoms with Gasteiger partial charge in [0.15, 0.2) is 11.5 Å². The molecule has 0 spiro atoms. The van der Waals surface area contributed by atoms with Gasteiger partial charge in [-0.25, -0.2) is 4.99 Å². The molecule has 0 amide bonds. The third-order valence-corrected chi connectivity index (χ3v) is 5.26. The zero-order valence-electron chi connectivity index (χ0n) is 16.6. The summed E-state index contributed by atoms with van der Waals surface area (Å²) in [6, 6.07) is 14.2. The zero-order valence-corrected chi connectivity index (χ0v) is 16.6. The number of aryl methyl sites for hydroxylation is 1. The van der Waals surface area contributed by atoms with E-state index in [4.69, 9.17) is 25.2 Å². The van der Waals surface area contributed by atoms with Crippen LogP contribution in [-0.2, 0) is 5.54 Å². The first kappa shape index (κ1) is 18.3. The van der Waals surface area contributed by atoms with Crippen LogP contribution in [0.25, 0.3) is 0 Å². The molecule has 6 heteroatoms. The number of ether oxygens (including phenoxy) is 2. The van der Waals surface area contributed by atoms with Crippen LogP contribution in [0.15, 0.2) is 52.4 Å². The van der Waals surface area contributed by atoms with Gasteiger partial charge in [0.05, 0.1) is 20.3 Å². The normalized spacial score (nSPS) is 20.6. The predicted molar refractivity (Wildman–Crippen MR) is 111 cm³/mol. The van der Waals surface area contributed by atoms with Gasteiger partial charge in [0.2, 0.25) is 0 Å². The number of hydrogen-bond acceptors (Lipinski definition) is 6. The average Bonchev–Trinajstić information content (AvgIpc) is 3.30. The Bertz CT molecular complexity index is 953. The molecule has 0 aromatic heterocycles. The Morgan fingerprint density at radius 3 is 2.75 bits per heavy atom. The van der Waals surface area contributed by atoms with E-state index < -0.39 is 5.54 Å². The highest BCUT2D eigenvalue weighted by Crippen LogP contribution is 2.43. The lowest BCUT2D eigenvalue weighted by Gasteiger charge is -2.29. The first-order chi connectivity index (χ1) is 13.6. The molecular weight excluding hydrogens is 352 g/mol. The molecular formula is C22H26N4O2. The van der Waals surface area contributed by atoms with Crippen molar-refractivity contribution < 1.29 is 9.47 Å². The van der Waals surface area contributed by atoms with E-state index in [1.807, 2.05) is 36.1 Å². The van der Waals surface area contributed by atoms with Crippen molar-refractivity contribution in [1.29, 1.82) is 0 Å². The van der Waals surface area contributed by atoms with Gasteiger partial charge < -0.3 is 15.2 Å². The molecule has 28 heavy (non-hydrogen) atoms. The molecule has 146 valence electrons. The maximum absolute atomic E-state index is 6.32. The topological polar surface area (TPSA) is 72.4 Å². The molecule has 0 aliphatic carbocycles. The molecule has 0 saturated heterocycles. The van der Waals surface area contributed by atoms with Crippen molar-refractivity contribution in [2.45, 2.75) is 25.8 Å². The SMILES string of the molecule is CCCOc1cccc(C2(c3ccc(OC)c(C)c3)N=C(N)N3CCN=C32)c1. The molecule has 2 aliphatic rings. The minimum Gasteiger partial charge on any atom is -0.496 e. The first-order valence-electron chi connectivity index (χ1n) is 9.66. The van der Waals surface area contributed by atoms with Crippen LogP contribution < -0.4 is 15.2 Å². The fraction of sp³-hybridized carbons (Fsp3) is 0.364. The number of nitrogens with zero attached hydrogens (tertiary/aromatic N) is 3. The summed E-state index contributed by atoms with van der Waals surface area (Å²) in [5.74, 6) is 3.06. The third-order valence-electron chi connectivity index (χ3n) is 5.26. The van der Waals surface area contributed by atoms with Gasteiger partial charge >= 0.3 is 0 Å². The van der Waals surface area contributed by atoms with Crippen LogP contribution in [-0.4, -0.2) is 43.5 Å². The average molecular weight is 378 g/mol. The third kappa shape index (κ3) is 2.80. The highest BCUT2D eigenvalue weighted by molar-refractivity contribution is 6.12. The Kier molecular flexibility index (Phi) is 4.71. The second-order valence-corrected chi connectivity index (χ2v) is 7.10. The van der Waals surface area contributed by atoms with Crippen LogP contribution in [0.1, 0.15) is 30.0 Å². The minimum atomic E-state index is -0.775. The highest BCUT2D eigenvalue weighted by atomic mass is 16.5. The Morgan fingerprint density at radius 2 is 2.00 bits per heavy atom. The number of benzene rings is 2. The molecule has 0 bridgehead atoms. The molecule has 0 fully saturated rings. The number of fused-ring (bicyclic) bond motifs is 1. The van der Waals surface area contributed by atoms with Gasteiger partial charge in [0.25, 0.3) is 0 Å². The highest BCUT2D eigenvalue weighted by Gasteiger charge is 2.50. The van der Waals surface area contributed by atoms with E-state index in [-0.39, 0.29) is 0 Å². The van der Waals surface area contributed by atoms with E-state index in [0.29, 0.717) is 19.1 Å². The van der Waals surface area contributed by atoms with Crippen molar-refractivity contribution in [3.8, 4) is 11.5 Å². The second-order valence-electron chi connectivity index (χ2n) is 7.10. The molecule has 4 rings (SSSR count). The molecule has 1 unspecified atom stereocenters. The molecule has 2 heterocycles. The van der Waals surface area contributed by atoms with Gasteiger partial charge in [-0.2, -0.15) is 0 Å². The smallest absolute Gasteiger partial charge is 0.198 e. The van der Waals surface area contributed by atoms with Crippen molar-refractivity contribution in [3.63, 3.8) is 0 Å². The summed E-state index contributed by atoms with van der Waals surface area (Å²) in [7, 11) is 1.68. The van der Waals surface area contributed by atoms with Crippen molar-refractivity contribution >= 4 is 11.8 Å². The van der Waals surface area contributed by atoms with Gasteiger partial charge in [-0.3, -0.25) is 9.89 Å². The summed E-state index contributed by atoms with van der Waals surface area (Å²) in [6.07, 6.45) is 0.957. The van der Waals surface area contributed by atoms with Crippen LogP contribution in [0.3, 0.4) is 0 Å². The van der Waals surface area contributed by atoms with Crippen molar-refractivity contribution in [3.05, 3.63) is 59.2 Å². The van der Waals surface area contributed by atoms with Crippen LogP contribution >= 0.6 is 0 Å². The molecule has 2 aromatic rings. The van der Waals surface area contributed by atoms with E-state index in [1.54, 1.807) is 7.11 Å². The lowest BCUT2D eigenvalue weighted by Crippen LogP contribution is -2.41. The van der Waals surface area contributed by atoms with Crippen LogP contribution in [0, 0.1) is 6.92 Å². The molecule has 2 aromatic carbocycles. The number of aliphatic imine (C=N–C) groups is 2. The number of amidine groups is 1. The predicted octanol–water partition coefficient (Wildman–Crippen LogP) is 3.08. The molecule has 6 nitrogen and oxygen atoms in total. The monoisotopic (exact) mass is 378 g/mol. The number of hydrogen-bond donors (Lipinski definition) is 1. The molecule has 2 N–H and O–H groups in total. The van der Waals surface area contributed by atoms with E-state index in [9.17, 15) is 0 Å². The summed E-state index contributed by atoms with van der Waals surface area (Å²) in [6.45, 7) is 6.28. The zero-order chi connectivity index (χ0) is 19.7. The van der Waals surface area contributed by atoms with Crippen LogP contribution in [0.4, 0.5) is 0 Å². The first-order valence-corrected chi connectivity index (χ1v) is 9.66. The lowest BCUT2D eigenvalue weighted by atomic mass is 9.81. The standard InChI is InChI=1S/C22H26N4O2/c1-4-12-28-18-7-5-6-16(14-18)22(17-8-9-19(27-3)15(2)13-17)20-24-10-11-26(20)21(23)25-22/h5-9,13-14H,4,10-12H2,1-3H3,(H2,23,25). The summed E-state index contributed by atoms with van der Waals surface area (Å²) >= 11 is 0. The Hall–Kier alpha value is -3.02. The summed E-state index contributed by atoms with van der Waals surface area (Å²) < 4.78 is 11.3. The molecule has 0 saturated carbocycles. The van der Waals surface area contributed by atoms with Gasteiger partial charge in [-0.1, -0.05) is 25.1 Å². The van der Waals surface area contributed by atoms with E-state index in [2.05, 4.69) is 25.1 Å². The van der Waals surface area contributed by atoms with Crippen LogP contribution in [0.2, 0.25) is 0 Å². The minimum absolute atomic E-state index is 0.504. The summed E-state index contributed by atoms with van der Waals surface area (Å²) in [4.78, 5) is 11.8. The Labute approximate surface area is 165 Å². The van der Waals surface area contributed by atoms with Gasteiger partial charge in [0.1, 0.15) is 17.3 Å². The quantitative estimate of drug-likeness (QED) is 0.838. The fourth-order valence-electron chi connectivity index (χ4n) is 3.95. The van der Waals surface area contributed by atoms with Gasteiger partial charge in [0, 0.05) is 6.54 Å². The summed E-state index contributed by atoms with van der Waals surface area (Å²) in [5.41, 5.74) is 8.61. The van der Waals surface area contributed by atoms with E-state index >= 15 is 0 Å². The second kappa shape index (κ2) is 7.19. The lowest BCUT2D eigenvalue weighted by molar-refractivity contribution is 0.317. The van der Waals surface area contributed by atoms with Crippen molar-refractivity contribution in [1.82, 2.24) is 4.90 Å². The van der Waals surface area contributed by atoms with Crippen molar-refractivity contribution in [2.75, 3.05) is 26.8 Å². The molecule has 0 radical (unpaired) electrons. The Balaban J connectivity index is 1.90. The van der Waals surface area contributed by atoms with Gasteiger partial charge in [-0.15, -0.1) is 0 Å². The number of methoxy groups -OCH3 is 1.